The number of hydrogen-bond donors (Lipinski definition) is 0. The molecule has 0 spiro atoms. The van der Waals surface area contributed by atoms with Crippen LogP contribution in [0.1, 0.15) is 26.3 Å². The predicted molar refractivity (Wildman–Crippen MR) is 97.9 cm³/mol. The molecule has 0 radical (unpaired) electrons. The molecule has 0 atom stereocenters. The van der Waals surface area contributed by atoms with Crippen molar-refractivity contribution in [2.75, 3.05) is 0 Å². The van der Waals surface area contributed by atoms with Crippen LogP contribution in [-0.4, -0.2) is 11.7 Å². The topological polar surface area (TPSA) is 25.2 Å². The van der Waals surface area contributed by atoms with Crippen LogP contribution in [-0.2, 0) is 0 Å². The van der Waals surface area contributed by atoms with Gasteiger partial charge in [0.1, 0.15) is 0 Å². The summed E-state index contributed by atoms with van der Waals surface area (Å²) in [7, 11) is 0. The SMILES string of the molecule is C=N/C(C(=C)SC=C(C)C)=C(\C)c1ccc2ncsc2c1. The lowest BCUT2D eigenvalue weighted by atomic mass is 10.1. The number of aliphatic imine (C=N–C) groups is 1. The van der Waals surface area contributed by atoms with Gasteiger partial charge in [0.2, 0.25) is 0 Å². The number of rotatable bonds is 5. The van der Waals surface area contributed by atoms with Gasteiger partial charge >= 0.3 is 0 Å². The minimum atomic E-state index is 0.848. The number of nitrogens with zero attached hydrogens (tertiary/aromatic N) is 2. The molecule has 0 aliphatic carbocycles. The molecular weight excluding hydrogens is 296 g/mol. The Hall–Kier alpha value is -1.65. The molecule has 0 N–H and O–H groups in total. The van der Waals surface area contributed by atoms with Crippen molar-refractivity contribution < 1.29 is 0 Å². The van der Waals surface area contributed by atoms with E-state index in [9.17, 15) is 0 Å². The molecule has 21 heavy (non-hydrogen) atoms. The molecule has 0 saturated heterocycles. The zero-order valence-corrected chi connectivity index (χ0v) is 14.1. The van der Waals surface area contributed by atoms with Crippen LogP contribution < -0.4 is 0 Å². The number of thioether (sulfide) groups is 1. The van der Waals surface area contributed by atoms with Crippen molar-refractivity contribution in [2.24, 2.45) is 4.99 Å². The van der Waals surface area contributed by atoms with Crippen molar-refractivity contribution in [3.63, 3.8) is 0 Å². The van der Waals surface area contributed by atoms with Crippen molar-refractivity contribution >= 4 is 45.6 Å². The highest BCUT2D eigenvalue weighted by Gasteiger charge is 2.09. The summed E-state index contributed by atoms with van der Waals surface area (Å²) in [6, 6.07) is 6.26. The van der Waals surface area contributed by atoms with E-state index in [2.05, 4.69) is 61.6 Å². The van der Waals surface area contributed by atoms with Crippen LogP contribution in [0.5, 0.6) is 0 Å². The Bertz CT molecular complexity index is 747. The van der Waals surface area contributed by atoms with Gasteiger partial charge in [-0.1, -0.05) is 30.0 Å². The van der Waals surface area contributed by atoms with Gasteiger partial charge in [-0.05, 0) is 56.2 Å². The molecule has 0 bridgehead atoms. The second kappa shape index (κ2) is 6.87. The fourth-order valence-corrected chi connectivity index (χ4v) is 3.31. The molecule has 2 nitrogen and oxygen atoms in total. The molecule has 1 aromatic carbocycles. The van der Waals surface area contributed by atoms with Gasteiger partial charge in [-0.25, -0.2) is 4.98 Å². The van der Waals surface area contributed by atoms with Gasteiger partial charge in [0.25, 0.3) is 0 Å². The first kappa shape index (κ1) is 15.7. The third-order valence-corrected chi connectivity index (χ3v) is 4.84. The van der Waals surface area contributed by atoms with Gasteiger partial charge in [0.05, 0.1) is 21.4 Å². The van der Waals surface area contributed by atoms with Gasteiger partial charge < -0.3 is 0 Å². The van der Waals surface area contributed by atoms with Crippen LogP contribution in [0, 0.1) is 0 Å². The summed E-state index contributed by atoms with van der Waals surface area (Å²) in [4.78, 5) is 9.39. The average Bonchev–Trinajstić information content (AvgIpc) is 2.93. The highest BCUT2D eigenvalue weighted by molar-refractivity contribution is 8.06. The summed E-state index contributed by atoms with van der Waals surface area (Å²) >= 11 is 3.23. The first-order chi connectivity index (χ1) is 10.0. The quantitative estimate of drug-likeness (QED) is 0.507. The van der Waals surface area contributed by atoms with Crippen molar-refractivity contribution in [2.45, 2.75) is 20.8 Å². The number of hydrogen-bond acceptors (Lipinski definition) is 4. The van der Waals surface area contributed by atoms with Crippen LogP contribution in [0.25, 0.3) is 15.8 Å². The van der Waals surface area contributed by atoms with Gasteiger partial charge in [0, 0.05) is 4.91 Å². The minimum Gasteiger partial charge on any atom is -0.263 e. The lowest BCUT2D eigenvalue weighted by Gasteiger charge is -2.09. The zero-order chi connectivity index (χ0) is 15.4. The van der Waals surface area contributed by atoms with E-state index in [0.29, 0.717) is 0 Å². The van der Waals surface area contributed by atoms with E-state index in [1.165, 1.54) is 10.3 Å². The highest BCUT2D eigenvalue weighted by atomic mass is 32.2. The van der Waals surface area contributed by atoms with E-state index in [0.717, 1.165) is 27.3 Å². The monoisotopic (exact) mass is 314 g/mol. The first-order valence-electron chi connectivity index (χ1n) is 6.53. The van der Waals surface area contributed by atoms with E-state index in [1.807, 2.05) is 11.6 Å². The number of aromatic nitrogens is 1. The Balaban J connectivity index is 2.40. The van der Waals surface area contributed by atoms with Crippen LogP contribution >= 0.6 is 23.1 Å². The highest BCUT2D eigenvalue weighted by Crippen LogP contribution is 2.32. The van der Waals surface area contributed by atoms with Gasteiger partial charge in [0.15, 0.2) is 0 Å². The van der Waals surface area contributed by atoms with Crippen molar-refractivity contribution in [3.05, 3.63) is 57.4 Å². The molecule has 0 fully saturated rings. The summed E-state index contributed by atoms with van der Waals surface area (Å²) in [6.07, 6.45) is 0. The molecule has 1 aromatic heterocycles. The molecule has 1 heterocycles. The lowest BCUT2D eigenvalue weighted by Crippen LogP contribution is -1.88. The smallest absolute Gasteiger partial charge is 0.0812 e. The Morgan fingerprint density at radius 3 is 2.76 bits per heavy atom. The second-order valence-corrected chi connectivity index (χ2v) is 6.75. The predicted octanol–water partition coefficient (Wildman–Crippen LogP) is 5.90. The molecule has 0 unspecified atom stereocenters. The summed E-state index contributed by atoms with van der Waals surface area (Å²) in [6.45, 7) is 14.0. The molecule has 2 aromatic rings. The molecule has 0 amide bonds. The van der Waals surface area contributed by atoms with E-state index in [-0.39, 0.29) is 0 Å². The van der Waals surface area contributed by atoms with Crippen molar-refractivity contribution in [3.8, 4) is 0 Å². The minimum absolute atomic E-state index is 0.848. The van der Waals surface area contributed by atoms with Gasteiger partial charge in [-0.15, -0.1) is 11.3 Å². The van der Waals surface area contributed by atoms with E-state index in [1.54, 1.807) is 23.1 Å². The lowest BCUT2D eigenvalue weighted by molar-refractivity contribution is 1.39. The van der Waals surface area contributed by atoms with Gasteiger partial charge in [-0.2, -0.15) is 0 Å². The largest absolute Gasteiger partial charge is 0.263 e. The molecular formula is C17H18N2S2. The molecule has 108 valence electrons. The third kappa shape index (κ3) is 3.71. The first-order valence-corrected chi connectivity index (χ1v) is 8.29. The maximum absolute atomic E-state index is 4.31. The Labute approximate surface area is 134 Å². The summed E-state index contributed by atoms with van der Waals surface area (Å²) in [5, 5.41) is 2.08. The standard InChI is InChI=1S/C17H18N2S2/c1-11(2)9-20-13(4)17(18-5)12(3)14-6-7-15-16(8-14)21-10-19-15/h6-10H,4-5H2,1-3H3/b17-12+. The van der Waals surface area contributed by atoms with Crippen molar-refractivity contribution in [1.82, 2.24) is 4.98 Å². The Kier molecular flexibility index (Phi) is 5.15. The molecule has 4 heteroatoms. The van der Waals surface area contributed by atoms with E-state index >= 15 is 0 Å². The summed E-state index contributed by atoms with van der Waals surface area (Å²) in [5.41, 5.74) is 7.20. The second-order valence-electron chi connectivity index (χ2n) is 4.90. The molecule has 2 rings (SSSR count). The van der Waals surface area contributed by atoms with Crippen molar-refractivity contribution in [1.29, 1.82) is 0 Å². The maximum Gasteiger partial charge on any atom is 0.0812 e. The normalized spacial score (nSPS) is 12.0. The molecule has 0 aliphatic rings. The van der Waals surface area contributed by atoms with Crippen LogP contribution in [0.3, 0.4) is 0 Å². The Morgan fingerprint density at radius 2 is 2.10 bits per heavy atom. The third-order valence-electron chi connectivity index (χ3n) is 2.98. The zero-order valence-electron chi connectivity index (χ0n) is 12.5. The fraction of sp³-hybridized carbons (Fsp3) is 0.176. The van der Waals surface area contributed by atoms with Gasteiger partial charge in [-0.3, -0.25) is 4.99 Å². The fourth-order valence-electron chi connectivity index (χ4n) is 1.89. The number of fused-ring (bicyclic) bond motifs is 1. The summed E-state index contributed by atoms with van der Waals surface area (Å²) in [5.74, 6) is 0. The average molecular weight is 314 g/mol. The maximum atomic E-state index is 4.31. The van der Waals surface area contributed by atoms with E-state index < -0.39 is 0 Å². The van der Waals surface area contributed by atoms with Crippen LogP contribution in [0.2, 0.25) is 0 Å². The van der Waals surface area contributed by atoms with Crippen LogP contribution in [0.4, 0.5) is 0 Å². The molecule has 0 aliphatic heterocycles. The van der Waals surface area contributed by atoms with E-state index in [4.69, 9.17) is 0 Å². The summed E-state index contributed by atoms with van der Waals surface area (Å²) < 4.78 is 1.18. The van der Waals surface area contributed by atoms with Crippen LogP contribution in [0.15, 0.2) is 56.9 Å². The number of allylic oxidation sites excluding steroid dienone is 2. The number of benzene rings is 1. The number of thiazole rings is 1. The Morgan fingerprint density at radius 1 is 1.33 bits per heavy atom. The molecule has 0 saturated carbocycles.